The average molecular weight is 406 g/mol. The number of azo groups is 2. The summed E-state index contributed by atoms with van der Waals surface area (Å²) in [6.45, 7) is 5.16. The van der Waals surface area contributed by atoms with Crippen LogP contribution in [0.25, 0.3) is 16.6 Å². The first-order valence-electron chi connectivity index (χ1n) is 10.7. The third-order valence-electron chi connectivity index (χ3n) is 6.46. The summed E-state index contributed by atoms with van der Waals surface area (Å²) >= 11 is 0. The van der Waals surface area contributed by atoms with Crippen molar-refractivity contribution in [3.63, 3.8) is 0 Å². The molecule has 2 aliphatic heterocycles. The van der Waals surface area contributed by atoms with Crippen molar-refractivity contribution in [2.45, 2.75) is 25.3 Å². The predicted molar refractivity (Wildman–Crippen MR) is 117 cm³/mol. The van der Waals surface area contributed by atoms with Gasteiger partial charge >= 0.3 is 0 Å². The Kier molecular flexibility index (Phi) is 4.96. The lowest BCUT2D eigenvalue weighted by molar-refractivity contribution is -0.494. The molecule has 0 radical (unpaired) electrons. The zero-order valence-corrected chi connectivity index (χ0v) is 17.7. The highest BCUT2D eigenvalue weighted by atomic mass is 15.3. The fourth-order valence-electron chi connectivity index (χ4n) is 4.30. The summed E-state index contributed by atoms with van der Waals surface area (Å²) in [5.74, 6) is 0.269. The van der Waals surface area contributed by atoms with Gasteiger partial charge in [0.05, 0.1) is 11.7 Å². The molecule has 8 nitrogen and oxygen atoms in total. The van der Waals surface area contributed by atoms with Crippen LogP contribution in [0.2, 0.25) is 0 Å². The molecule has 1 aliphatic carbocycles. The molecule has 8 heteroatoms. The minimum absolute atomic E-state index is 0.269. The number of piperazine rings is 1. The van der Waals surface area contributed by atoms with Gasteiger partial charge in [0, 0.05) is 55.2 Å². The van der Waals surface area contributed by atoms with Crippen molar-refractivity contribution < 1.29 is 4.70 Å². The van der Waals surface area contributed by atoms with Gasteiger partial charge in [-0.25, -0.2) is 9.50 Å². The Balaban J connectivity index is 0.000000149. The summed E-state index contributed by atoms with van der Waals surface area (Å²) in [6, 6.07) is 9.17. The molecule has 1 aromatic carbocycles. The largest absolute Gasteiger partial charge is 0.367 e. The summed E-state index contributed by atoms with van der Waals surface area (Å²) in [6.07, 6.45) is 8.02. The number of hydrogen-bond acceptors (Lipinski definition) is 6. The molecule has 1 saturated heterocycles. The molecule has 6 rings (SSSR count). The van der Waals surface area contributed by atoms with Gasteiger partial charge in [0.15, 0.2) is 7.05 Å². The van der Waals surface area contributed by atoms with E-state index in [1.54, 1.807) is 10.7 Å². The summed E-state index contributed by atoms with van der Waals surface area (Å²) < 4.78 is 3.61. The molecule has 0 amide bonds. The van der Waals surface area contributed by atoms with E-state index in [0.717, 1.165) is 34.1 Å². The summed E-state index contributed by atoms with van der Waals surface area (Å²) in [7, 11) is 4.16. The van der Waals surface area contributed by atoms with Crippen LogP contribution in [0.3, 0.4) is 0 Å². The highest BCUT2D eigenvalue weighted by Crippen LogP contribution is 2.39. The van der Waals surface area contributed by atoms with Gasteiger partial charge in [0.2, 0.25) is 11.6 Å². The molecule has 0 spiro atoms. The number of anilines is 1. The molecule has 0 bridgehead atoms. The average Bonchev–Trinajstić information content (AvgIpc) is 3.11. The quantitative estimate of drug-likeness (QED) is 0.663. The van der Waals surface area contributed by atoms with Crippen LogP contribution in [-0.2, 0) is 0 Å². The number of benzene rings is 1. The number of rotatable bonds is 2. The third-order valence-corrected chi connectivity index (χ3v) is 6.46. The van der Waals surface area contributed by atoms with Crippen LogP contribution in [0.15, 0.2) is 41.8 Å². The number of likely N-dealkylation sites (N-methyl/N-ethyl adjacent to an activating group) is 1. The maximum atomic E-state index is 5.58. The Bertz CT molecular complexity index is 1090. The Morgan fingerprint density at radius 2 is 1.90 bits per heavy atom. The second-order valence-electron chi connectivity index (χ2n) is 8.43. The highest BCUT2D eigenvalue weighted by molar-refractivity contribution is 5.83. The van der Waals surface area contributed by atoms with Crippen molar-refractivity contribution in [1.29, 1.82) is 0 Å². The van der Waals surface area contributed by atoms with Gasteiger partial charge in [-0.3, -0.25) is 4.90 Å². The van der Waals surface area contributed by atoms with Crippen molar-refractivity contribution in [2.24, 2.45) is 5.11 Å². The molecule has 2 N–H and O–H groups in total. The number of hydrogen-bond donors (Lipinski definition) is 1. The lowest BCUT2D eigenvalue weighted by Crippen LogP contribution is -2.51. The van der Waals surface area contributed by atoms with Gasteiger partial charge in [-0.05, 0) is 37.6 Å². The number of fused-ring (bicyclic) bond motifs is 2. The van der Waals surface area contributed by atoms with E-state index in [4.69, 9.17) is 5.73 Å². The molecular formula is C22H29N8+. The van der Waals surface area contributed by atoms with Crippen molar-refractivity contribution in [3.8, 4) is 11.1 Å². The van der Waals surface area contributed by atoms with Crippen LogP contribution < -0.4 is 5.73 Å². The van der Waals surface area contributed by atoms with E-state index in [-0.39, 0.29) is 5.95 Å². The summed E-state index contributed by atoms with van der Waals surface area (Å²) in [5, 5.41) is 8.41. The second-order valence-corrected chi connectivity index (χ2v) is 8.43. The van der Waals surface area contributed by atoms with Crippen LogP contribution in [0.4, 0.5) is 17.3 Å². The van der Waals surface area contributed by atoms with E-state index in [1.807, 2.05) is 30.1 Å². The van der Waals surface area contributed by atoms with Gasteiger partial charge < -0.3 is 10.6 Å². The van der Waals surface area contributed by atoms with Crippen LogP contribution >= 0.6 is 0 Å². The molecule has 0 atom stereocenters. The predicted octanol–water partition coefficient (Wildman–Crippen LogP) is 3.14. The first kappa shape index (κ1) is 19.1. The highest BCUT2D eigenvalue weighted by Gasteiger charge is 2.27. The molecule has 3 aromatic rings. The first-order valence-corrected chi connectivity index (χ1v) is 10.7. The fraction of sp³-hybridized carbons (Fsp3) is 0.455. The fourth-order valence-corrected chi connectivity index (χ4v) is 4.30. The van der Waals surface area contributed by atoms with Gasteiger partial charge in [-0.2, -0.15) is 0 Å². The van der Waals surface area contributed by atoms with E-state index in [9.17, 15) is 0 Å². The second kappa shape index (κ2) is 7.77. The van der Waals surface area contributed by atoms with Gasteiger partial charge in [-0.15, -0.1) is 5.10 Å². The van der Waals surface area contributed by atoms with Crippen molar-refractivity contribution >= 4 is 22.8 Å². The maximum Gasteiger partial charge on any atom is 0.263 e. The van der Waals surface area contributed by atoms with Gasteiger partial charge in [-0.1, -0.05) is 17.2 Å². The lowest BCUT2D eigenvalue weighted by atomic mass is 9.91. The van der Waals surface area contributed by atoms with Gasteiger partial charge in [0.25, 0.3) is 5.69 Å². The van der Waals surface area contributed by atoms with E-state index in [0.29, 0.717) is 0 Å². The standard InChI is InChI=1S/C13H11N6.C9H18N2/c1-18-11-6-8(2-3-10(11)16-18)9-4-5-19-12(9)7-15-13(14)17-19;1-10-5-7-11(8-6-10)9-3-2-4-9/h2-7H,1H3,(H2,14,15,17);9H,2-8H2,1H3/q+1;. The molecule has 4 heterocycles. The van der Waals surface area contributed by atoms with Crippen LogP contribution in [-0.4, -0.2) is 75.4 Å². The first-order chi connectivity index (χ1) is 14.6. The normalized spacial score (nSPS) is 19.3. The Labute approximate surface area is 176 Å². The number of nitrogen functional groups attached to an aromatic ring is 1. The zero-order chi connectivity index (χ0) is 20.7. The van der Waals surface area contributed by atoms with E-state index in [1.165, 1.54) is 45.4 Å². The van der Waals surface area contributed by atoms with E-state index in [2.05, 4.69) is 44.2 Å². The van der Waals surface area contributed by atoms with Crippen LogP contribution in [0.5, 0.6) is 0 Å². The third kappa shape index (κ3) is 3.57. The molecule has 156 valence electrons. The minimum Gasteiger partial charge on any atom is -0.367 e. The summed E-state index contributed by atoms with van der Waals surface area (Å²) in [4.78, 5) is 9.15. The number of aromatic nitrogens is 3. The molecule has 2 aromatic heterocycles. The van der Waals surface area contributed by atoms with E-state index < -0.39 is 0 Å². The van der Waals surface area contributed by atoms with Crippen molar-refractivity contribution in [2.75, 3.05) is 46.0 Å². The minimum atomic E-state index is 0.269. The van der Waals surface area contributed by atoms with Crippen molar-refractivity contribution in [3.05, 3.63) is 36.7 Å². The molecule has 1 saturated carbocycles. The SMILES string of the molecule is CN1CCN(C2CCC2)CC1.C[N+]1=Nc2ccc(-c3ccn4nc(N)ncc34)cc21. The van der Waals surface area contributed by atoms with Crippen molar-refractivity contribution in [1.82, 2.24) is 24.4 Å². The molecule has 2 fully saturated rings. The zero-order valence-electron chi connectivity index (χ0n) is 17.7. The topological polar surface area (TPSA) is 78.1 Å². The van der Waals surface area contributed by atoms with Crippen LogP contribution in [0, 0.1) is 0 Å². The lowest BCUT2D eigenvalue weighted by Gasteiger charge is -2.42. The molecule has 3 aliphatic rings. The monoisotopic (exact) mass is 405 g/mol. The maximum absolute atomic E-state index is 5.58. The number of nitrogens with two attached hydrogens (primary N) is 1. The Morgan fingerprint density at radius 1 is 1.10 bits per heavy atom. The number of nitrogens with zero attached hydrogens (tertiary/aromatic N) is 7. The summed E-state index contributed by atoms with van der Waals surface area (Å²) in [5.41, 5.74) is 10.9. The molecule has 0 unspecified atom stereocenters. The Morgan fingerprint density at radius 3 is 2.60 bits per heavy atom. The molecule has 30 heavy (non-hydrogen) atoms. The molecular weight excluding hydrogens is 376 g/mol. The Hall–Kier alpha value is -2.84. The smallest absolute Gasteiger partial charge is 0.263 e. The van der Waals surface area contributed by atoms with Gasteiger partial charge in [0.1, 0.15) is 0 Å². The van der Waals surface area contributed by atoms with E-state index >= 15 is 0 Å². The van der Waals surface area contributed by atoms with Crippen LogP contribution in [0.1, 0.15) is 19.3 Å².